The van der Waals surface area contributed by atoms with Gasteiger partial charge >= 0.3 is 0 Å². The summed E-state index contributed by atoms with van der Waals surface area (Å²) in [6.07, 6.45) is 35.4. The Hall–Kier alpha value is -9.78. The van der Waals surface area contributed by atoms with Crippen molar-refractivity contribution in [2.24, 2.45) is 11.8 Å². The van der Waals surface area contributed by atoms with E-state index in [0.29, 0.717) is 56.4 Å². The summed E-state index contributed by atoms with van der Waals surface area (Å²) in [7, 11) is 0. The number of fused-ring (bicyclic) bond motifs is 12. The molecule has 670 valence electrons. The molecule has 13 aromatic rings. The third-order valence-corrected chi connectivity index (χ3v) is 38.0. The predicted molar refractivity (Wildman–Crippen MR) is 569 cm³/mol. The summed E-state index contributed by atoms with van der Waals surface area (Å²) in [4.78, 5) is 47.5. The first-order chi connectivity index (χ1) is 64.8. The first kappa shape index (κ1) is 94.0. The third kappa shape index (κ3) is 18.0. The Morgan fingerprint density at radius 1 is 0.386 bits per heavy atom. The lowest BCUT2D eigenvalue weighted by Crippen LogP contribution is -2.29. The van der Waals surface area contributed by atoms with Crippen LogP contribution in [-0.2, 0) is 36.5 Å². The summed E-state index contributed by atoms with van der Waals surface area (Å²) in [5.41, 5.74) is 19.1. The van der Waals surface area contributed by atoms with Crippen molar-refractivity contribution in [3.8, 4) is 52.5 Å². The van der Waals surface area contributed by atoms with E-state index < -0.39 is 10.8 Å². The number of thiophene rings is 6. The first-order valence-electron chi connectivity index (χ1n) is 48.8. The van der Waals surface area contributed by atoms with E-state index in [-0.39, 0.29) is 23.0 Å². The van der Waals surface area contributed by atoms with Crippen molar-refractivity contribution < 1.29 is 9.59 Å². The Kier molecular flexibility index (Phi) is 30.5. The van der Waals surface area contributed by atoms with Crippen LogP contribution in [0.3, 0.4) is 0 Å². The monoisotopic (exact) mass is 1880 g/mol. The van der Waals surface area contributed by atoms with Crippen LogP contribution in [0.1, 0.15) is 318 Å². The number of hydrogen-bond acceptors (Lipinski definition) is 12. The zero-order valence-electron chi connectivity index (χ0n) is 77.7. The average molecular weight is 1880 g/mol. The van der Waals surface area contributed by atoms with Gasteiger partial charge in [-0.3, -0.25) is 9.59 Å². The molecule has 0 N–H and O–H groups in total. The summed E-state index contributed by atoms with van der Waals surface area (Å²) in [6, 6.07) is 73.1. The fraction of sp³-hybridized carbons (Fsp3) is 0.356. The van der Waals surface area contributed by atoms with Crippen molar-refractivity contribution in [2.75, 3.05) is 11.5 Å². The van der Waals surface area contributed by atoms with Crippen molar-refractivity contribution in [3.05, 3.63) is 326 Å². The second-order valence-electron chi connectivity index (χ2n) is 36.6. The Morgan fingerprint density at radius 3 is 1.05 bits per heavy atom. The summed E-state index contributed by atoms with van der Waals surface area (Å²) < 4.78 is 5.11. The molecule has 2 unspecified atom stereocenters. The van der Waals surface area contributed by atoms with E-state index in [4.69, 9.17) is 13.1 Å². The van der Waals surface area contributed by atoms with Crippen LogP contribution < -0.4 is 0 Å². The van der Waals surface area contributed by atoms with Gasteiger partial charge in [0.2, 0.25) is 0 Å². The molecule has 0 radical (unpaired) electrons. The highest BCUT2D eigenvalue weighted by molar-refractivity contribution is 8.01. The molecular formula is C118H118N4O2S8. The quantitative estimate of drug-likeness (QED) is 0.0124. The fourth-order valence-corrected chi connectivity index (χ4v) is 31.7. The van der Waals surface area contributed by atoms with Gasteiger partial charge in [-0.2, -0.15) is 0 Å². The maximum Gasteiger partial charge on any atom is 0.270 e. The number of rotatable bonds is 42. The molecule has 0 amide bonds. The molecule has 7 aromatic carbocycles. The number of benzene rings is 7. The second kappa shape index (κ2) is 42.8. The van der Waals surface area contributed by atoms with E-state index in [9.17, 15) is 10.5 Å². The Labute approximate surface area is 815 Å². The lowest BCUT2D eigenvalue weighted by molar-refractivity contribution is 0.103. The van der Waals surface area contributed by atoms with E-state index in [1.165, 1.54) is 190 Å². The molecule has 6 aromatic heterocycles. The molecule has 2 atom stereocenters. The molecule has 4 aliphatic carbocycles. The number of thioether (sulfide) groups is 2. The number of ketones is 2. The van der Waals surface area contributed by atoms with Gasteiger partial charge in [0, 0.05) is 95.7 Å². The Balaban J connectivity index is 1.07. The van der Waals surface area contributed by atoms with Crippen LogP contribution >= 0.6 is 91.5 Å². The van der Waals surface area contributed by atoms with Crippen molar-refractivity contribution >= 4 is 147 Å². The molecule has 4 aliphatic rings. The number of nitrogens with zero attached hydrogens (tertiary/aromatic N) is 4. The van der Waals surface area contributed by atoms with Gasteiger partial charge in [-0.25, -0.2) is 20.2 Å². The van der Waals surface area contributed by atoms with Crippen molar-refractivity contribution in [1.82, 2.24) is 0 Å². The van der Waals surface area contributed by atoms with Crippen molar-refractivity contribution in [1.29, 1.82) is 10.5 Å². The number of aryl methyl sites for hydroxylation is 4. The molecule has 6 nitrogen and oxygen atoms in total. The summed E-state index contributed by atoms with van der Waals surface area (Å²) in [6.45, 7) is 35.6. The fourth-order valence-electron chi connectivity index (χ4n) is 21.2. The van der Waals surface area contributed by atoms with Gasteiger partial charge in [-0.15, -0.1) is 91.5 Å². The average Bonchev–Trinajstić information content (AvgIpc) is 1.48. The Morgan fingerprint density at radius 2 is 0.727 bits per heavy atom. The molecule has 0 saturated carbocycles. The van der Waals surface area contributed by atoms with E-state index in [0.717, 1.165) is 147 Å². The van der Waals surface area contributed by atoms with Gasteiger partial charge in [0.15, 0.2) is 11.6 Å². The van der Waals surface area contributed by atoms with Gasteiger partial charge in [0.25, 0.3) is 11.4 Å². The number of carbonyl (C=O) groups is 2. The van der Waals surface area contributed by atoms with Crippen LogP contribution in [-0.4, -0.2) is 23.1 Å². The minimum Gasteiger partial charge on any atom is -0.289 e. The SMILES string of the molecule is [C-]#[N+]/C(C#N)=C1\C(=C\c2cc3c(s2)-c2sc4c(-c5ccc(SCC(CC)CCCC)s5)c5c6c(sc5c(-c5ccc(SCC(CC)CCCC)s5)c4c2C3(c2cccc(CCCCCC)c2)c2cccc(CCCCCC)c2)-c2sc(/C=C3\C(=O)c4ccccc4\C3=C(\C#N)[N+]#[C-])cc2C6(c2cccc(CCCCCC)c2)c2cccc(CCCCCC)c2)C(=O)c2ccccc21. The molecule has 0 spiro atoms. The van der Waals surface area contributed by atoms with Crippen LogP contribution in [0.25, 0.3) is 93.6 Å². The molecule has 6 heterocycles. The lowest BCUT2D eigenvalue weighted by Gasteiger charge is -2.35. The molecule has 132 heavy (non-hydrogen) atoms. The van der Waals surface area contributed by atoms with Gasteiger partial charge < -0.3 is 0 Å². The number of unbranched alkanes of at least 4 members (excludes halogenated alkanes) is 14. The van der Waals surface area contributed by atoms with Crippen LogP contribution in [0, 0.1) is 47.6 Å². The molecule has 0 fully saturated rings. The largest absolute Gasteiger partial charge is 0.289 e. The number of hydrogen-bond donors (Lipinski definition) is 0. The van der Waals surface area contributed by atoms with E-state index in [1.54, 1.807) is 22.7 Å². The number of carbonyl (C=O) groups excluding carboxylic acids is 2. The lowest BCUT2D eigenvalue weighted by atomic mass is 9.65. The molecule has 0 saturated heterocycles. The normalized spacial score (nSPS) is 15.6. The second-order valence-corrected chi connectivity index (χ2v) is 45.6. The third-order valence-electron chi connectivity index (χ3n) is 28.0. The van der Waals surface area contributed by atoms with Crippen LogP contribution in [0.2, 0.25) is 0 Å². The standard InChI is InChI=1S/C118H118N4O2S8/c1-11-19-25-29-43-77-47-37-51-81(63-77)117(82-52-38-48-78(64-82)44-30-26-20-12-2)93-69-85(67-91-101(95(71-119)121-9)87-55-33-35-57-89(87)109(91)123)127-111(93)115-107(117)105-103(97-59-61-99(129-97)125-73-75(17-7)41-23-15-5)114-106(104(113(105)131-115)98-60-62-100(130-98)126-74-76(18-8)42-24-16-6)108-116(132-114)112-94(70-86(128-112)68-92-102(96(72-120)122-10)88-56-34-36-58-90(88)110(92)124)118(108,83-53-39-49-79(65-83)45-31-27-21-13-3)84-54-40-50-80(66-84)46-32-28-22-14-4/h33-40,47-70,75-76H,11-32,41-46,73-74H2,1-8H3/b91-67-,92-68-,101-95-,102-96+. The van der Waals surface area contributed by atoms with E-state index in [2.05, 4.69) is 211 Å². The zero-order valence-corrected chi connectivity index (χ0v) is 84.2. The highest BCUT2D eigenvalue weighted by atomic mass is 32.2. The molecule has 17 rings (SSSR count). The van der Waals surface area contributed by atoms with E-state index >= 15 is 9.59 Å². The summed E-state index contributed by atoms with van der Waals surface area (Å²) >= 11 is 15.4. The summed E-state index contributed by atoms with van der Waals surface area (Å²) in [5.74, 6) is 2.87. The smallest absolute Gasteiger partial charge is 0.270 e. The number of allylic oxidation sites excluding steroid dienone is 6. The minimum atomic E-state index is -0.970. The number of Topliss-reactive ketones (excluding diaryl/α,β-unsaturated/α-hetero) is 2. The van der Waals surface area contributed by atoms with Gasteiger partial charge in [0.1, 0.15) is 0 Å². The minimum absolute atomic E-state index is 0.0931. The topological polar surface area (TPSA) is 90.4 Å². The molecular weight excluding hydrogens is 1760 g/mol. The predicted octanol–water partition coefficient (Wildman–Crippen LogP) is 36.4. The molecule has 14 heteroatoms. The number of nitriles is 2. The highest BCUT2D eigenvalue weighted by Crippen LogP contribution is 2.71. The highest BCUT2D eigenvalue weighted by Gasteiger charge is 2.55. The maximum atomic E-state index is 15.4. The van der Waals surface area contributed by atoms with Gasteiger partial charge in [0.05, 0.1) is 64.0 Å². The van der Waals surface area contributed by atoms with Crippen molar-refractivity contribution in [3.63, 3.8) is 0 Å². The van der Waals surface area contributed by atoms with E-state index in [1.807, 2.05) is 130 Å². The first-order valence-corrected chi connectivity index (χ1v) is 55.6. The zero-order chi connectivity index (χ0) is 91.6. The van der Waals surface area contributed by atoms with Crippen LogP contribution in [0.15, 0.2) is 213 Å². The van der Waals surface area contributed by atoms with Crippen LogP contribution in [0.5, 0.6) is 0 Å². The Bertz CT molecular complexity index is 6270. The van der Waals surface area contributed by atoms with Crippen molar-refractivity contribution in [2.45, 2.75) is 254 Å². The van der Waals surface area contributed by atoms with Gasteiger partial charge in [-0.05, 0) is 202 Å². The summed E-state index contributed by atoms with van der Waals surface area (Å²) in [5, 5.41) is 24.4. The van der Waals surface area contributed by atoms with Crippen LogP contribution in [0.4, 0.5) is 0 Å². The molecule has 0 bridgehead atoms. The van der Waals surface area contributed by atoms with Gasteiger partial charge in [-0.1, -0.05) is 317 Å². The molecule has 0 aliphatic heterocycles. The maximum absolute atomic E-state index is 15.4.